The second kappa shape index (κ2) is 6.05. The SMILES string of the molecule is CS(=O)(=O)c1cc(NC(=O)[C@@H]2C[C@@H]3C=C[C@H]2CC3)cc(C(=O)O)c1. The summed E-state index contributed by atoms with van der Waals surface area (Å²) in [5, 5.41) is 11.9. The number of benzene rings is 1. The number of carbonyl (C=O) groups is 2. The molecule has 1 amide bonds. The molecule has 24 heavy (non-hydrogen) atoms. The molecule has 0 spiro atoms. The average Bonchev–Trinajstić information content (AvgIpc) is 2.54. The van der Waals surface area contributed by atoms with Crippen molar-refractivity contribution in [3.8, 4) is 0 Å². The number of nitrogens with one attached hydrogen (secondary N) is 1. The first-order valence-electron chi connectivity index (χ1n) is 7.81. The Morgan fingerprint density at radius 2 is 1.92 bits per heavy atom. The van der Waals surface area contributed by atoms with E-state index in [1.165, 1.54) is 12.1 Å². The molecule has 3 aliphatic carbocycles. The smallest absolute Gasteiger partial charge is 0.335 e. The first-order chi connectivity index (χ1) is 11.2. The lowest BCUT2D eigenvalue weighted by Crippen LogP contribution is -2.36. The monoisotopic (exact) mass is 349 g/mol. The number of hydrogen-bond donors (Lipinski definition) is 2. The van der Waals surface area contributed by atoms with Crippen LogP contribution in [0.1, 0.15) is 29.6 Å². The highest BCUT2D eigenvalue weighted by Gasteiger charge is 2.36. The number of amides is 1. The van der Waals surface area contributed by atoms with Crippen molar-refractivity contribution in [3.63, 3.8) is 0 Å². The van der Waals surface area contributed by atoms with Crippen LogP contribution in [0.2, 0.25) is 0 Å². The number of allylic oxidation sites excluding steroid dienone is 2. The maximum atomic E-state index is 12.6. The Morgan fingerprint density at radius 3 is 2.42 bits per heavy atom. The fourth-order valence-corrected chi connectivity index (χ4v) is 4.16. The van der Waals surface area contributed by atoms with Gasteiger partial charge in [-0.3, -0.25) is 4.79 Å². The molecule has 2 N–H and O–H groups in total. The van der Waals surface area contributed by atoms with E-state index in [4.69, 9.17) is 5.11 Å². The van der Waals surface area contributed by atoms with Crippen LogP contribution in [0.5, 0.6) is 0 Å². The van der Waals surface area contributed by atoms with Gasteiger partial charge in [0.2, 0.25) is 5.91 Å². The summed E-state index contributed by atoms with van der Waals surface area (Å²) < 4.78 is 23.5. The molecule has 0 radical (unpaired) electrons. The Balaban J connectivity index is 1.86. The molecule has 6 nitrogen and oxygen atoms in total. The van der Waals surface area contributed by atoms with Crippen LogP contribution >= 0.6 is 0 Å². The maximum absolute atomic E-state index is 12.6. The van der Waals surface area contributed by atoms with Crippen LogP contribution in [0.3, 0.4) is 0 Å². The second-order valence-corrected chi connectivity index (χ2v) is 8.56. The van der Waals surface area contributed by atoms with Gasteiger partial charge in [-0.25, -0.2) is 13.2 Å². The molecule has 3 aliphatic rings. The zero-order valence-electron chi connectivity index (χ0n) is 13.2. The molecule has 0 heterocycles. The van der Waals surface area contributed by atoms with Gasteiger partial charge in [0.05, 0.1) is 10.5 Å². The molecule has 1 fully saturated rings. The van der Waals surface area contributed by atoms with Gasteiger partial charge in [0.1, 0.15) is 0 Å². The van der Waals surface area contributed by atoms with E-state index in [1.807, 2.05) is 0 Å². The van der Waals surface area contributed by atoms with E-state index in [-0.39, 0.29) is 33.9 Å². The van der Waals surface area contributed by atoms with Gasteiger partial charge in [-0.1, -0.05) is 12.2 Å². The number of aromatic carboxylic acids is 1. The molecule has 0 saturated heterocycles. The molecule has 2 bridgehead atoms. The second-order valence-electron chi connectivity index (χ2n) is 6.54. The molecule has 0 aromatic heterocycles. The first-order valence-corrected chi connectivity index (χ1v) is 9.71. The minimum Gasteiger partial charge on any atom is -0.478 e. The van der Waals surface area contributed by atoms with Gasteiger partial charge >= 0.3 is 5.97 Å². The summed E-state index contributed by atoms with van der Waals surface area (Å²) in [7, 11) is -3.58. The van der Waals surface area contributed by atoms with Crippen LogP contribution in [-0.4, -0.2) is 31.7 Å². The zero-order valence-corrected chi connectivity index (χ0v) is 14.0. The highest BCUT2D eigenvalue weighted by atomic mass is 32.2. The summed E-state index contributed by atoms with van der Waals surface area (Å²) in [4.78, 5) is 23.6. The van der Waals surface area contributed by atoms with Crippen molar-refractivity contribution in [2.45, 2.75) is 24.2 Å². The van der Waals surface area contributed by atoms with Crippen LogP contribution < -0.4 is 5.32 Å². The molecule has 3 atom stereocenters. The summed E-state index contributed by atoms with van der Waals surface area (Å²) in [5.74, 6) is -0.953. The molecular formula is C17H19NO5S. The van der Waals surface area contributed by atoms with E-state index in [0.717, 1.165) is 31.6 Å². The summed E-state index contributed by atoms with van der Waals surface area (Å²) in [6.07, 6.45) is 8.10. The number of rotatable bonds is 4. The van der Waals surface area contributed by atoms with Gasteiger partial charge in [-0.15, -0.1) is 0 Å². The molecule has 1 aromatic rings. The quantitative estimate of drug-likeness (QED) is 0.813. The number of fused-ring (bicyclic) bond motifs is 2. The third-order valence-electron chi connectivity index (χ3n) is 4.76. The van der Waals surface area contributed by atoms with Crippen molar-refractivity contribution in [2.24, 2.45) is 17.8 Å². The molecule has 0 unspecified atom stereocenters. The maximum Gasteiger partial charge on any atom is 0.335 e. The lowest BCUT2D eigenvalue weighted by atomic mass is 9.69. The van der Waals surface area contributed by atoms with Crippen molar-refractivity contribution >= 4 is 27.4 Å². The van der Waals surface area contributed by atoms with E-state index in [1.54, 1.807) is 0 Å². The van der Waals surface area contributed by atoms with Gasteiger partial charge in [-0.2, -0.15) is 0 Å². The Labute approximate surface area is 140 Å². The zero-order chi connectivity index (χ0) is 17.5. The van der Waals surface area contributed by atoms with Gasteiger partial charge in [0.15, 0.2) is 9.84 Å². The van der Waals surface area contributed by atoms with E-state index in [2.05, 4.69) is 17.5 Å². The number of carboxylic acids is 1. The molecule has 1 saturated carbocycles. The van der Waals surface area contributed by atoms with Crippen molar-refractivity contribution in [1.82, 2.24) is 0 Å². The van der Waals surface area contributed by atoms with Gasteiger partial charge < -0.3 is 10.4 Å². The van der Waals surface area contributed by atoms with Gasteiger partial charge in [-0.05, 0) is 49.3 Å². The fraction of sp³-hybridized carbons (Fsp3) is 0.412. The summed E-state index contributed by atoms with van der Waals surface area (Å²) >= 11 is 0. The number of carboxylic acid groups (broad SMARTS) is 1. The number of anilines is 1. The minimum atomic E-state index is -3.58. The molecule has 0 aliphatic heterocycles. The van der Waals surface area contributed by atoms with E-state index < -0.39 is 15.8 Å². The van der Waals surface area contributed by atoms with Crippen molar-refractivity contribution in [2.75, 3.05) is 11.6 Å². The van der Waals surface area contributed by atoms with E-state index in [0.29, 0.717) is 5.92 Å². The van der Waals surface area contributed by atoms with Gasteiger partial charge in [0.25, 0.3) is 0 Å². The Bertz CT molecular complexity index is 827. The Morgan fingerprint density at radius 1 is 1.17 bits per heavy atom. The van der Waals surface area contributed by atoms with Crippen molar-refractivity contribution in [1.29, 1.82) is 0 Å². The van der Waals surface area contributed by atoms with Crippen LogP contribution in [-0.2, 0) is 14.6 Å². The summed E-state index contributed by atoms with van der Waals surface area (Å²) in [6, 6.07) is 3.68. The fourth-order valence-electron chi connectivity index (χ4n) is 3.48. The topological polar surface area (TPSA) is 101 Å². The van der Waals surface area contributed by atoms with Crippen molar-refractivity contribution < 1.29 is 23.1 Å². The highest BCUT2D eigenvalue weighted by Crippen LogP contribution is 2.40. The Hall–Kier alpha value is -2.15. The third kappa shape index (κ3) is 3.36. The molecule has 128 valence electrons. The molecular weight excluding hydrogens is 330 g/mol. The molecule has 1 aromatic carbocycles. The van der Waals surface area contributed by atoms with Gasteiger partial charge in [0, 0.05) is 17.9 Å². The molecule has 7 heteroatoms. The van der Waals surface area contributed by atoms with Crippen LogP contribution in [0.4, 0.5) is 5.69 Å². The molecule has 4 rings (SSSR count). The van der Waals surface area contributed by atoms with E-state index >= 15 is 0 Å². The summed E-state index contributed by atoms with van der Waals surface area (Å²) in [6.45, 7) is 0. The normalized spacial score (nSPS) is 25.5. The summed E-state index contributed by atoms with van der Waals surface area (Å²) in [5.41, 5.74) is 0.0315. The van der Waals surface area contributed by atoms with Crippen LogP contribution in [0.25, 0.3) is 0 Å². The predicted octanol–water partition coefficient (Wildman–Crippen LogP) is 2.33. The number of sulfone groups is 1. The van der Waals surface area contributed by atoms with Crippen molar-refractivity contribution in [3.05, 3.63) is 35.9 Å². The van der Waals surface area contributed by atoms with Crippen LogP contribution in [0, 0.1) is 17.8 Å². The highest BCUT2D eigenvalue weighted by molar-refractivity contribution is 7.90. The van der Waals surface area contributed by atoms with Crippen LogP contribution in [0.15, 0.2) is 35.2 Å². The predicted molar refractivity (Wildman–Crippen MR) is 88.6 cm³/mol. The number of carbonyl (C=O) groups excluding carboxylic acids is 1. The standard InChI is InChI=1S/C17H19NO5S/c1-24(22,23)14-8-12(17(20)21)7-13(9-14)18-16(19)15-6-10-2-4-11(15)5-3-10/h2,4,7-11,15H,3,5-6H2,1H3,(H,18,19)(H,20,21)/t10-,11+,15-/m1/s1. The lowest BCUT2D eigenvalue weighted by molar-refractivity contribution is -0.122. The first kappa shape index (κ1) is 16.7. The minimum absolute atomic E-state index is 0.122. The third-order valence-corrected chi connectivity index (χ3v) is 5.85. The van der Waals surface area contributed by atoms with E-state index in [9.17, 15) is 18.0 Å². The number of hydrogen-bond acceptors (Lipinski definition) is 4. The average molecular weight is 349 g/mol. The lowest BCUT2D eigenvalue weighted by Gasteiger charge is -2.37. The largest absolute Gasteiger partial charge is 0.478 e. The Kier molecular flexibility index (Phi) is 4.21.